The van der Waals surface area contributed by atoms with Gasteiger partial charge in [-0.1, -0.05) is 80.6 Å². The Bertz CT molecular complexity index is 364. The largest absolute Gasteiger partial charge is 0.310 e. The van der Waals surface area contributed by atoms with E-state index in [1.807, 2.05) is 0 Å². The summed E-state index contributed by atoms with van der Waals surface area (Å²) in [6, 6.07) is 9.13. The van der Waals surface area contributed by atoms with Crippen molar-refractivity contribution in [2.75, 3.05) is 6.54 Å². The van der Waals surface area contributed by atoms with Crippen LogP contribution in [0.15, 0.2) is 28.7 Å². The molecule has 0 saturated carbocycles. The molecule has 0 bridgehead atoms. The maximum Gasteiger partial charge on any atom is 0.0334 e. The van der Waals surface area contributed by atoms with Crippen molar-refractivity contribution in [3.63, 3.8) is 0 Å². The quantitative estimate of drug-likeness (QED) is 0.543. The third-order valence-corrected chi connectivity index (χ3v) is 4.76. The zero-order valence-electron chi connectivity index (χ0n) is 13.3. The molecule has 2 heteroatoms. The first-order valence-corrected chi connectivity index (χ1v) is 8.99. The zero-order valence-corrected chi connectivity index (χ0v) is 14.9. The molecule has 0 amide bonds. The number of hydrogen-bond donors (Lipinski definition) is 1. The summed E-state index contributed by atoms with van der Waals surface area (Å²) in [5.41, 5.74) is 1.41. The highest BCUT2D eigenvalue weighted by Crippen LogP contribution is 2.30. The Hall–Kier alpha value is -0.340. The van der Waals surface area contributed by atoms with E-state index in [9.17, 15) is 0 Å². The smallest absolute Gasteiger partial charge is 0.0334 e. The Morgan fingerprint density at radius 1 is 1.10 bits per heavy atom. The van der Waals surface area contributed by atoms with Gasteiger partial charge in [0.2, 0.25) is 0 Å². The molecular formula is C18H30BrN. The predicted octanol–water partition coefficient (Wildman–Crippen LogP) is 6.10. The monoisotopic (exact) mass is 339 g/mol. The van der Waals surface area contributed by atoms with E-state index < -0.39 is 0 Å². The van der Waals surface area contributed by atoms with Crippen molar-refractivity contribution >= 4 is 15.9 Å². The molecule has 0 heterocycles. The summed E-state index contributed by atoms with van der Waals surface area (Å²) in [7, 11) is 0. The van der Waals surface area contributed by atoms with Crippen molar-refractivity contribution in [2.24, 2.45) is 5.92 Å². The Kier molecular flexibility index (Phi) is 9.21. The second kappa shape index (κ2) is 10.4. The highest BCUT2D eigenvalue weighted by Gasteiger charge is 2.18. The number of benzene rings is 1. The van der Waals surface area contributed by atoms with E-state index in [-0.39, 0.29) is 0 Å². The van der Waals surface area contributed by atoms with Crippen LogP contribution in [-0.2, 0) is 0 Å². The second-order valence-corrected chi connectivity index (χ2v) is 6.53. The summed E-state index contributed by atoms with van der Waals surface area (Å²) in [6.07, 6.45) is 7.75. The van der Waals surface area contributed by atoms with Crippen LogP contribution in [-0.4, -0.2) is 6.54 Å². The first kappa shape index (κ1) is 17.7. The van der Waals surface area contributed by atoms with Gasteiger partial charge in [0.05, 0.1) is 0 Å². The molecule has 0 radical (unpaired) electrons. The molecular weight excluding hydrogens is 310 g/mol. The molecule has 2 atom stereocenters. The van der Waals surface area contributed by atoms with Crippen LogP contribution in [0, 0.1) is 5.92 Å². The fourth-order valence-electron chi connectivity index (χ4n) is 2.71. The standard InChI is InChI=1S/C18H30BrN/c1-4-7-10-15(6-3)14-18(20-13-5-2)16-11-8-9-12-17(16)19/h8-9,11-12,15,18,20H,4-7,10,13-14H2,1-3H3. The SMILES string of the molecule is CCCCC(CC)CC(NCCC)c1ccccc1Br. The van der Waals surface area contributed by atoms with Crippen LogP contribution in [0.25, 0.3) is 0 Å². The maximum absolute atomic E-state index is 3.74. The fraction of sp³-hybridized carbons (Fsp3) is 0.667. The minimum absolute atomic E-state index is 0.479. The molecule has 114 valence electrons. The summed E-state index contributed by atoms with van der Waals surface area (Å²) in [6.45, 7) is 7.94. The Balaban J connectivity index is 2.75. The summed E-state index contributed by atoms with van der Waals surface area (Å²) in [5, 5.41) is 3.74. The number of hydrogen-bond acceptors (Lipinski definition) is 1. The molecule has 20 heavy (non-hydrogen) atoms. The van der Waals surface area contributed by atoms with Gasteiger partial charge in [0.1, 0.15) is 0 Å². The van der Waals surface area contributed by atoms with Crippen LogP contribution in [0.1, 0.15) is 70.9 Å². The zero-order chi connectivity index (χ0) is 14.8. The molecule has 0 aliphatic carbocycles. The van der Waals surface area contributed by atoms with E-state index in [2.05, 4.69) is 66.3 Å². The Morgan fingerprint density at radius 2 is 1.85 bits per heavy atom. The summed E-state index contributed by atoms with van der Waals surface area (Å²) in [4.78, 5) is 0. The summed E-state index contributed by atoms with van der Waals surface area (Å²) in [5.74, 6) is 0.830. The molecule has 1 nitrogen and oxygen atoms in total. The van der Waals surface area contributed by atoms with Gasteiger partial charge in [0, 0.05) is 10.5 Å². The highest BCUT2D eigenvalue weighted by atomic mass is 79.9. The van der Waals surface area contributed by atoms with Gasteiger partial charge in [-0.3, -0.25) is 0 Å². The van der Waals surface area contributed by atoms with Crippen molar-refractivity contribution in [3.8, 4) is 0 Å². The minimum atomic E-state index is 0.479. The van der Waals surface area contributed by atoms with Gasteiger partial charge in [-0.15, -0.1) is 0 Å². The lowest BCUT2D eigenvalue weighted by Gasteiger charge is -2.25. The molecule has 0 aliphatic rings. The van der Waals surface area contributed by atoms with Crippen molar-refractivity contribution < 1.29 is 0 Å². The van der Waals surface area contributed by atoms with Crippen LogP contribution in [0.4, 0.5) is 0 Å². The third kappa shape index (κ3) is 5.97. The van der Waals surface area contributed by atoms with Gasteiger partial charge in [-0.2, -0.15) is 0 Å². The van der Waals surface area contributed by atoms with Crippen LogP contribution in [0.3, 0.4) is 0 Å². The first-order chi connectivity index (χ1) is 9.72. The summed E-state index contributed by atoms with van der Waals surface area (Å²) >= 11 is 3.71. The van der Waals surface area contributed by atoms with Gasteiger partial charge in [-0.05, 0) is 36.9 Å². The van der Waals surface area contributed by atoms with Crippen LogP contribution >= 0.6 is 15.9 Å². The molecule has 2 unspecified atom stereocenters. The lowest BCUT2D eigenvalue weighted by atomic mass is 9.89. The van der Waals surface area contributed by atoms with Gasteiger partial charge in [-0.25, -0.2) is 0 Å². The van der Waals surface area contributed by atoms with E-state index in [1.54, 1.807) is 0 Å². The van der Waals surface area contributed by atoms with E-state index >= 15 is 0 Å². The molecule has 0 saturated heterocycles. The lowest BCUT2D eigenvalue weighted by molar-refractivity contribution is 0.353. The third-order valence-electron chi connectivity index (χ3n) is 4.03. The Morgan fingerprint density at radius 3 is 2.45 bits per heavy atom. The van der Waals surface area contributed by atoms with Gasteiger partial charge in [0.15, 0.2) is 0 Å². The van der Waals surface area contributed by atoms with Crippen molar-refractivity contribution in [3.05, 3.63) is 34.3 Å². The molecule has 1 aromatic carbocycles. The van der Waals surface area contributed by atoms with Crippen LogP contribution < -0.4 is 5.32 Å². The van der Waals surface area contributed by atoms with Crippen molar-refractivity contribution in [1.29, 1.82) is 0 Å². The minimum Gasteiger partial charge on any atom is -0.310 e. The van der Waals surface area contributed by atoms with Gasteiger partial charge >= 0.3 is 0 Å². The fourth-order valence-corrected chi connectivity index (χ4v) is 3.27. The van der Waals surface area contributed by atoms with E-state index in [0.717, 1.165) is 12.5 Å². The van der Waals surface area contributed by atoms with Crippen molar-refractivity contribution in [1.82, 2.24) is 5.32 Å². The highest BCUT2D eigenvalue weighted by molar-refractivity contribution is 9.10. The molecule has 1 rings (SSSR count). The van der Waals surface area contributed by atoms with E-state index in [0.29, 0.717) is 6.04 Å². The summed E-state index contributed by atoms with van der Waals surface area (Å²) < 4.78 is 1.24. The number of unbranched alkanes of at least 4 members (excludes halogenated alkanes) is 1. The molecule has 0 spiro atoms. The second-order valence-electron chi connectivity index (χ2n) is 5.68. The molecule has 1 aromatic rings. The Labute approximate surface area is 133 Å². The number of halogens is 1. The van der Waals surface area contributed by atoms with Crippen molar-refractivity contribution in [2.45, 2.75) is 65.3 Å². The molecule has 0 aliphatic heterocycles. The number of nitrogens with one attached hydrogen (secondary N) is 1. The van der Waals surface area contributed by atoms with Crippen LogP contribution in [0.2, 0.25) is 0 Å². The normalized spacial score (nSPS) is 14.2. The van der Waals surface area contributed by atoms with Crippen LogP contribution in [0.5, 0.6) is 0 Å². The number of rotatable bonds is 10. The lowest BCUT2D eigenvalue weighted by Crippen LogP contribution is -2.25. The molecule has 0 fully saturated rings. The average molecular weight is 340 g/mol. The first-order valence-electron chi connectivity index (χ1n) is 8.20. The van der Waals surface area contributed by atoms with Gasteiger partial charge in [0.25, 0.3) is 0 Å². The van der Waals surface area contributed by atoms with E-state index in [1.165, 1.54) is 48.6 Å². The van der Waals surface area contributed by atoms with E-state index in [4.69, 9.17) is 0 Å². The maximum atomic E-state index is 3.74. The average Bonchev–Trinajstić information content (AvgIpc) is 2.47. The predicted molar refractivity (Wildman–Crippen MR) is 93.1 cm³/mol. The van der Waals surface area contributed by atoms with Gasteiger partial charge < -0.3 is 5.32 Å². The molecule has 1 N–H and O–H groups in total. The molecule has 0 aromatic heterocycles. The topological polar surface area (TPSA) is 12.0 Å².